The molecule has 0 saturated carbocycles. The lowest BCUT2D eigenvalue weighted by atomic mass is 10.1. The van der Waals surface area contributed by atoms with Crippen LogP contribution in [0.3, 0.4) is 0 Å². The van der Waals surface area contributed by atoms with E-state index in [9.17, 15) is 22.2 Å². The van der Waals surface area contributed by atoms with Crippen LogP contribution in [0.5, 0.6) is 0 Å². The standard InChI is InChI=1S/C20H17F3N2O4S/c1-12(28-19(26)15-7-3-5-13(9-15)11-30(2)27)18-24-17(25-29-18)14-6-4-8-16(10-14)20(21,22)23/h3-10,12H,11H2,1-2H3. The van der Waals surface area contributed by atoms with Crippen molar-refractivity contribution in [1.29, 1.82) is 0 Å². The number of halogens is 3. The third-order valence-corrected chi connectivity index (χ3v) is 4.79. The molecular formula is C20H17F3N2O4S. The lowest BCUT2D eigenvalue weighted by Gasteiger charge is -2.10. The third kappa shape index (κ3) is 5.32. The number of hydrogen-bond acceptors (Lipinski definition) is 6. The quantitative estimate of drug-likeness (QED) is 0.525. The maximum absolute atomic E-state index is 12.9. The highest BCUT2D eigenvalue weighted by atomic mass is 32.2. The van der Waals surface area contributed by atoms with Crippen LogP contribution in [0.25, 0.3) is 11.4 Å². The van der Waals surface area contributed by atoms with Gasteiger partial charge in [-0.05, 0) is 36.8 Å². The molecule has 0 saturated heterocycles. The van der Waals surface area contributed by atoms with Gasteiger partial charge in [0, 0.05) is 28.4 Å². The number of nitrogens with zero attached hydrogens (tertiary/aromatic N) is 2. The van der Waals surface area contributed by atoms with Crippen molar-refractivity contribution in [2.45, 2.75) is 25.0 Å². The van der Waals surface area contributed by atoms with Gasteiger partial charge in [-0.3, -0.25) is 4.21 Å². The van der Waals surface area contributed by atoms with E-state index in [0.717, 1.165) is 17.7 Å². The molecule has 1 heterocycles. The van der Waals surface area contributed by atoms with E-state index < -0.39 is 34.6 Å². The number of carbonyl (C=O) groups is 1. The zero-order valence-corrected chi connectivity index (χ0v) is 16.8. The van der Waals surface area contributed by atoms with E-state index in [0.29, 0.717) is 5.75 Å². The second kappa shape index (κ2) is 8.78. The highest BCUT2D eigenvalue weighted by Gasteiger charge is 2.31. The van der Waals surface area contributed by atoms with E-state index in [2.05, 4.69) is 10.1 Å². The highest BCUT2D eigenvalue weighted by molar-refractivity contribution is 7.83. The molecule has 0 fully saturated rings. The van der Waals surface area contributed by atoms with E-state index >= 15 is 0 Å². The summed E-state index contributed by atoms with van der Waals surface area (Å²) in [4.78, 5) is 16.4. The Morgan fingerprint density at radius 3 is 2.63 bits per heavy atom. The first kappa shape index (κ1) is 21.7. The molecule has 3 aromatic rings. The number of aromatic nitrogens is 2. The predicted octanol–water partition coefficient (Wildman–Crippen LogP) is 4.55. The summed E-state index contributed by atoms with van der Waals surface area (Å²) in [6, 6.07) is 11.1. The Balaban J connectivity index is 1.73. The van der Waals surface area contributed by atoms with E-state index in [1.165, 1.54) is 19.1 Å². The Morgan fingerprint density at radius 1 is 1.20 bits per heavy atom. The van der Waals surface area contributed by atoms with Crippen LogP contribution in [0.4, 0.5) is 13.2 Å². The van der Waals surface area contributed by atoms with Crippen LogP contribution in [-0.2, 0) is 27.5 Å². The third-order valence-electron chi connectivity index (χ3n) is 4.05. The predicted molar refractivity (Wildman–Crippen MR) is 103 cm³/mol. The molecule has 0 radical (unpaired) electrons. The number of ether oxygens (including phenoxy) is 1. The molecule has 0 aliphatic rings. The van der Waals surface area contributed by atoms with Crippen LogP contribution in [-0.4, -0.2) is 26.6 Å². The highest BCUT2D eigenvalue weighted by Crippen LogP contribution is 2.31. The second-order valence-corrected chi connectivity index (χ2v) is 7.94. The van der Waals surface area contributed by atoms with Crippen molar-refractivity contribution in [3.05, 3.63) is 71.1 Å². The molecule has 30 heavy (non-hydrogen) atoms. The van der Waals surface area contributed by atoms with Crippen molar-refractivity contribution >= 4 is 16.8 Å². The average Bonchev–Trinajstić information content (AvgIpc) is 3.17. The van der Waals surface area contributed by atoms with Crippen LogP contribution in [0.2, 0.25) is 0 Å². The van der Waals surface area contributed by atoms with Gasteiger partial charge in [0.15, 0.2) is 6.10 Å². The lowest BCUT2D eigenvalue weighted by Crippen LogP contribution is -2.10. The SMILES string of the molecule is CC(OC(=O)c1cccc(CS(C)=O)c1)c1nc(-c2cccc(C(F)(F)F)c2)no1. The largest absolute Gasteiger partial charge is 0.449 e. The second-order valence-electron chi connectivity index (χ2n) is 6.50. The van der Waals surface area contributed by atoms with E-state index in [1.54, 1.807) is 30.5 Å². The monoisotopic (exact) mass is 438 g/mol. The fourth-order valence-corrected chi connectivity index (χ4v) is 3.30. The van der Waals surface area contributed by atoms with Gasteiger partial charge in [0.1, 0.15) is 0 Å². The fraction of sp³-hybridized carbons (Fsp3) is 0.250. The van der Waals surface area contributed by atoms with Crippen LogP contribution >= 0.6 is 0 Å². The molecule has 0 N–H and O–H groups in total. The van der Waals surface area contributed by atoms with Gasteiger partial charge in [-0.15, -0.1) is 0 Å². The molecule has 2 unspecified atom stereocenters. The van der Waals surface area contributed by atoms with Crippen LogP contribution in [0, 0.1) is 0 Å². The van der Waals surface area contributed by atoms with Gasteiger partial charge in [-0.1, -0.05) is 29.4 Å². The summed E-state index contributed by atoms with van der Waals surface area (Å²) in [5.74, 6) is -0.446. The lowest BCUT2D eigenvalue weighted by molar-refractivity contribution is -0.137. The molecule has 2 aromatic carbocycles. The number of alkyl halides is 3. The van der Waals surface area contributed by atoms with E-state index in [1.807, 2.05) is 0 Å². The topological polar surface area (TPSA) is 82.3 Å². The summed E-state index contributed by atoms with van der Waals surface area (Å²) in [6.45, 7) is 1.51. The van der Waals surface area contributed by atoms with Gasteiger partial charge in [0.25, 0.3) is 5.89 Å². The first-order valence-corrected chi connectivity index (χ1v) is 10.5. The number of rotatable bonds is 6. The minimum Gasteiger partial charge on any atom is -0.449 e. The maximum Gasteiger partial charge on any atom is 0.416 e. The molecule has 1 aromatic heterocycles. The molecule has 0 aliphatic heterocycles. The molecule has 6 nitrogen and oxygen atoms in total. The molecule has 0 aliphatic carbocycles. The Labute approximate surface area is 172 Å². The Kier molecular flexibility index (Phi) is 6.35. The summed E-state index contributed by atoms with van der Waals surface area (Å²) < 4.78 is 60.4. The van der Waals surface area contributed by atoms with Crippen molar-refractivity contribution < 1.29 is 31.4 Å². The van der Waals surface area contributed by atoms with Gasteiger partial charge in [0.05, 0.1) is 11.1 Å². The Bertz CT molecular complexity index is 1080. The summed E-state index contributed by atoms with van der Waals surface area (Å²) in [7, 11) is -1.06. The minimum atomic E-state index is -4.50. The molecule has 0 bridgehead atoms. The maximum atomic E-state index is 12.9. The molecular weight excluding hydrogens is 421 g/mol. The summed E-state index contributed by atoms with van der Waals surface area (Å²) >= 11 is 0. The van der Waals surface area contributed by atoms with Crippen LogP contribution in [0.1, 0.15) is 40.4 Å². The molecule has 0 amide bonds. The number of hydrogen-bond donors (Lipinski definition) is 0. The number of esters is 1. The molecule has 2 atom stereocenters. The van der Waals surface area contributed by atoms with Gasteiger partial charge in [0.2, 0.25) is 5.82 Å². The van der Waals surface area contributed by atoms with Gasteiger partial charge < -0.3 is 9.26 Å². The first-order valence-electron chi connectivity index (χ1n) is 8.74. The fourth-order valence-electron chi connectivity index (χ4n) is 2.65. The zero-order valence-electron chi connectivity index (χ0n) is 16.0. The zero-order chi connectivity index (χ0) is 21.9. The summed E-state index contributed by atoms with van der Waals surface area (Å²) in [5.41, 5.74) is 0.280. The molecule has 158 valence electrons. The van der Waals surface area contributed by atoms with Crippen LogP contribution < -0.4 is 0 Å². The summed E-state index contributed by atoms with van der Waals surface area (Å²) in [6.07, 6.45) is -3.86. The smallest absolute Gasteiger partial charge is 0.416 e. The van der Waals surface area contributed by atoms with Crippen molar-refractivity contribution in [1.82, 2.24) is 10.1 Å². The van der Waals surface area contributed by atoms with Gasteiger partial charge in [-0.2, -0.15) is 18.2 Å². The number of carbonyl (C=O) groups excluding carboxylic acids is 1. The van der Waals surface area contributed by atoms with Gasteiger partial charge >= 0.3 is 12.1 Å². The Hall–Kier alpha value is -3.01. The number of benzene rings is 2. The average molecular weight is 438 g/mol. The van der Waals surface area contributed by atoms with Crippen molar-refractivity contribution in [3.8, 4) is 11.4 Å². The van der Waals surface area contributed by atoms with E-state index in [-0.39, 0.29) is 22.8 Å². The molecule has 10 heteroatoms. The normalized spacial score (nSPS) is 13.6. The summed E-state index contributed by atoms with van der Waals surface area (Å²) in [5, 5.41) is 3.68. The minimum absolute atomic E-state index is 0.0496. The van der Waals surface area contributed by atoms with Crippen molar-refractivity contribution in [2.24, 2.45) is 0 Å². The first-order chi connectivity index (χ1) is 14.1. The van der Waals surface area contributed by atoms with Crippen LogP contribution in [0.15, 0.2) is 53.1 Å². The van der Waals surface area contributed by atoms with Gasteiger partial charge in [-0.25, -0.2) is 4.79 Å². The molecule has 0 spiro atoms. The van der Waals surface area contributed by atoms with Crippen molar-refractivity contribution in [2.75, 3.05) is 6.26 Å². The van der Waals surface area contributed by atoms with E-state index in [4.69, 9.17) is 9.26 Å². The Morgan fingerprint density at radius 2 is 1.93 bits per heavy atom. The van der Waals surface area contributed by atoms with Crippen molar-refractivity contribution in [3.63, 3.8) is 0 Å². The molecule has 3 rings (SSSR count).